The van der Waals surface area contributed by atoms with Gasteiger partial charge in [0.05, 0.1) is 14.2 Å². The van der Waals surface area contributed by atoms with Crippen LogP contribution in [0.3, 0.4) is 0 Å². The number of hydrogen-bond acceptors (Lipinski definition) is 7. The lowest BCUT2D eigenvalue weighted by Gasteiger charge is -2.19. The molecule has 4 rings (SSSR count). The third kappa shape index (κ3) is 5.09. The maximum Gasteiger partial charge on any atom is 0.250 e. The molecule has 0 saturated carbocycles. The van der Waals surface area contributed by atoms with Gasteiger partial charge in [-0.1, -0.05) is 42.5 Å². The smallest absolute Gasteiger partial charge is 0.250 e. The maximum absolute atomic E-state index is 12.7. The first-order valence-corrected chi connectivity index (χ1v) is 11.8. The van der Waals surface area contributed by atoms with E-state index >= 15 is 0 Å². The lowest BCUT2D eigenvalue weighted by atomic mass is 10.1. The summed E-state index contributed by atoms with van der Waals surface area (Å²) >= 11 is 1.30. The lowest BCUT2D eigenvalue weighted by Crippen LogP contribution is -2.25. The van der Waals surface area contributed by atoms with Crippen LogP contribution in [0, 0.1) is 0 Å². The Morgan fingerprint density at radius 1 is 1.18 bits per heavy atom. The fourth-order valence-corrected chi connectivity index (χ4v) is 4.74. The van der Waals surface area contributed by atoms with Gasteiger partial charge in [0.2, 0.25) is 16.9 Å². The molecule has 1 aliphatic heterocycles. The minimum atomic E-state index is -0.321. The predicted octanol–water partition coefficient (Wildman–Crippen LogP) is 4.29. The van der Waals surface area contributed by atoms with E-state index in [4.69, 9.17) is 9.47 Å². The number of para-hydroxylation sites is 1. The summed E-state index contributed by atoms with van der Waals surface area (Å²) < 4.78 is 10.5. The van der Waals surface area contributed by atoms with Crippen molar-refractivity contribution in [1.82, 2.24) is 10.2 Å². The average Bonchev–Trinajstić information content (AvgIpc) is 3.48. The zero-order chi connectivity index (χ0) is 24.1. The molecule has 176 valence electrons. The van der Waals surface area contributed by atoms with Gasteiger partial charge in [-0.3, -0.25) is 14.9 Å². The van der Waals surface area contributed by atoms with Crippen LogP contribution in [0.25, 0.3) is 6.08 Å². The topological polar surface area (TPSA) is 93.7 Å². The van der Waals surface area contributed by atoms with E-state index in [0.717, 1.165) is 28.2 Å². The molecule has 9 heteroatoms. The number of aryl methyl sites for hydroxylation is 1. The molecule has 1 atom stereocenters. The summed E-state index contributed by atoms with van der Waals surface area (Å²) in [5.41, 5.74) is 2.89. The Morgan fingerprint density at radius 2 is 1.97 bits per heavy atom. The molecule has 2 aromatic carbocycles. The van der Waals surface area contributed by atoms with Gasteiger partial charge >= 0.3 is 0 Å². The highest BCUT2D eigenvalue weighted by Crippen LogP contribution is 2.35. The van der Waals surface area contributed by atoms with Crippen LogP contribution in [0.2, 0.25) is 0 Å². The van der Waals surface area contributed by atoms with Gasteiger partial charge in [-0.15, -0.1) is 10.2 Å². The van der Waals surface area contributed by atoms with Gasteiger partial charge < -0.3 is 14.4 Å². The summed E-state index contributed by atoms with van der Waals surface area (Å²) in [4.78, 5) is 26.9. The third-order valence-electron chi connectivity index (χ3n) is 5.64. The molecule has 2 amide bonds. The van der Waals surface area contributed by atoms with Crippen LogP contribution in [0.1, 0.15) is 35.4 Å². The summed E-state index contributed by atoms with van der Waals surface area (Å²) in [6, 6.07) is 13.3. The molecular formula is C25H26N4O4S. The molecule has 0 aliphatic carbocycles. The fourth-order valence-electron chi connectivity index (χ4n) is 3.90. The average molecular weight is 479 g/mol. The number of anilines is 2. The van der Waals surface area contributed by atoms with Gasteiger partial charge in [0.15, 0.2) is 11.5 Å². The van der Waals surface area contributed by atoms with Crippen molar-refractivity contribution in [3.8, 4) is 11.5 Å². The van der Waals surface area contributed by atoms with Crippen molar-refractivity contribution < 1.29 is 19.1 Å². The molecule has 8 nitrogen and oxygen atoms in total. The van der Waals surface area contributed by atoms with E-state index in [0.29, 0.717) is 29.6 Å². The number of hydrogen-bond donors (Lipinski definition) is 1. The monoisotopic (exact) mass is 478 g/mol. The van der Waals surface area contributed by atoms with Crippen molar-refractivity contribution in [2.75, 3.05) is 31.0 Å². The van der Waals surface area contributed by atoms with Crippen LogP contribution in [0.15, 0.2) is 48.5 Å². The normalized spacial score (nSPS) is 15.7. The first-order chi connectivity index (χ1) is 16.5. The highest BCUT2D eigenvalue weighted by atomic mass is 32.1. The first-order valence-electron chi connectivity index (χ1n) is 10.9. The van der Waals surface area contributed by atoms with Crippen LogP contribution in [0.5, 0.6) is 11.5 Å². The lowest BCUT2D eigenvalue weighted by molar-refractivity contribution is -0.117. The quantitative estimate of drug-likeness (QED) is 0.486. The maximum atomic E-state index is 12.7. The molecule has 2 heterocycles. The number of nitrogens with one attached hydrogen (secondary N) is 1. The number of amides is 2. The number of carbonyl (C=O) groups is 2. The van der Waals surface area contributed by atoms with Crippen LogP contribution in [0.4, 0.5) is 10.8 Å². The molecule has 1 saturated heterocycles. The van der Waals surface area contributed by atoms with E-state index in [9.17, 15) is 9.59 Å². The van der Waals surface area contributed by atoms with Crippen LogP contribution in [-0.4, -0.2) is 42.8 Å². The molecule has 1 unspecified atom stereocenters. The highest BCUT2D eigenvalue weighted by Gasteiger charge is 2.34. The van der Waals surface area contributed by atoms with Crippen molar-refractivity contribution >= 4 is 40.0 Å². The Kier molecular flexibility index (Phi) is 7.22. The molecule has 1 fully saturated rings. The molecule has 1 N–H and O–H groups in total. The van der Waals surface area contributed by atoms with Gasteiger partial charge in [0.25, 0.3) is 0 Å². The number of rotatable bonds is 8. The largest absolute Gasteiger partial charge is 0.493 e. The second kappa shape index (κ2) is 10.5. The van der Waals surface area contributed by atoms with Gasteiger partial charge in [-0.25, -0.2) is 0 Å². The zero-order valence-corrected chi connectivity index (χ0v) is 20.1. The van der Waals surface area contributed by atoms with Gasteiger partial charge in [-0.2, -0.15) is 0 Å². The summed E-state index contributed by atoms with van der Waals surface area (Å²) in [5, 5.41) is 12.2. The number of carbonyl (C=O) groups excluding carboxylic acids is 2. The Balaban J connectivity index is 1.39. The van der Waals surface area contributed by atoms with Gasteiger partial charge in [-0.05, 0) is 41.8 Å². The molecule has 0 bridgehead atoms. The molecule has 1 aliphatic rings. The number of benzene rings is 2. The predicted molar refractivity (Wildman–Crippen MR) is 133 cm³/mol. The Labute approximate surface area is 202 Å². The number of aromatic nitrogens is 2. The second-order valence-electron chi connectivity index (χ2n) is 7.77. The van der Waals surface area contributed by atoms with E-state index in [-0.39, 0.29) is 17.7 Å². The summed E-state index contributed by atoms with van der Waals surface area (Å²) in [7, 11) is 3.13. The minimum Gasteiger partial charge on any atom is -0.493 e. The Hall–Kier alpha value is -3.72. The number of ether oxygens (including phenoxy) is 2. The van der Waals surface area contributed by atoms with Crippen molar-refractivity contribution in [2.45, 2.75) is 25.7 Å². The Morgan fingerprint density at radius 3 is 2.74 bits per heavy atom. The minimum absolute atomic E-state index is 0.0529. The zero-order valence-electron chi connectivity index (χ0n) is 19.3. The van der Waals surface area contributed by atoms with Crippen molar-refractivity contribution in [2.24, 2.45) is 0 Å². The van der Waals surface area contributed by atoms with Crippen molar-refractivity contribution in [3.63, 3.8) is 0 Å². The van der Waals surface area contributed by atoms with Crippen molar-refractivity contribution in [1.29, 1.82) is 0 Å². The molecule has 34 heavy (non-hydrogen) atoms. The highest BCUT2D eigenvalue weighted by molar-refractivity contribution is 7.15. The third-order valence-corrected chi connectivity index (χ3v) is 6.64. The molecule has 1 aromatic heterocycles. The van der Waals surface area contributed by atoms with Gasteiger partial charge in [0, 0.05) is 30.6 Å². The molecule has 3 aromatic rings. The second-order valence-corrected chi connectivity index (χ2v) is 8.78. The van der Waals surface area contributed by atoms with Crippen molar-refractivity contribution in [3.05, 3.63) is 64.7 Å². The fraction of sp³-hybridized carbons (Fsp3) is 0.280. The standard InChI is InChI=1S/C25H26N4O4S/c1-4-17-7-5-6-8-19(17)29-15-18(14-23(29)31)24-27-28-25(34-24)26-22(30)12-10-16-9-11-20(32-2)21(13-16)33-3/h5-13,18H,4,14-15H2,1-3H3,(H,26,28,30)/b12-10+. The molecule has 0 radical (unpaired) electrons. The van der Waals surface area contributed by atoms with E-state index in [1.807, 2.05) is 35.2 Å². The summed E-state index contributed by atoms with van der Waals surface area (Å²) in [5.74, 6) is 0.902. The van der Waals surface area contributed by atoms with E-state index < -0.39 is 0 Å². The summed E-state index contributed by atoms with van der Waals surface area (Å²) in [6.07, 6.45) is 4.33. The number of nitrogens with zero attached hydrogens (tertiary/aromatic N) is 3. The number of methoxy groups -OCH3 is 2. The van der Waals surface area contributed by atoms with E-state index in [1.165, 1.54) is 17.4 Å². The van der Waals surface area contributed by atoms with E-state index in [2.05, 4.69) is 22.4 Å². The van der Waals surface area contributed by atoms with Crippen LogP contribution >= 0.6 is 11.3 Å². The van der Waals surface area contributed by atoms with E-state index in [1.54, 1.807) is 32.4 Å². The van der Waals surface area contributed by atoms with Crippen LogP contribution < -0.4 is 19.7 Å². The van der Waals surface area contributed by atoms with Crippen LogP contribution in [-0.2, 0) is 16.0 Å². The Bertz CT molecular complexity index is 1220. The molecular weight excluding hydrogens is 452 g/mol. The summed E-state index contributed by atoms with van der Waals surface area (Å²) in [6.45, 7) is 2.63. The first kappa shape index (κ1) is 23.4. The van der Waals surface area contributed by atoms with Gasteiger partial charge in [0.1, 0.15) is 5.01 Å². The molecule has 0 spiro atoms. The SMILES string of the molecule is CCc1ccccc1N1CC(c2nnc(NC(=O)/C=C/c3ccc(OC)c(OC)c3)s2)CC1=O.